The predicted molar refractivity (Wildman–Crippen MR) is 73.5 cm³/mol. The van der Waals surface area contributed by atoms with E-state index in [2.05, 4.69) is 11.4 Å². The van der Waals surface area contributed by atoms with E-state index in [1.807, 2.05) is 35.2 Å². The molecule has 0 saturated heterocycles. The molecule has 0 spiro atoms. The Hall–Kier alpha value is -1.93. The summed E-state index contributed by atoms with van der Waals surface area (Å²) in [6.07, 6.45) is 0.368. The molecule has 1 amide bonds. The SMILES string of the molecule is CC(=O)NC(=S)N(CCC#N)Cc1ccccc1. The van der Waals surface area contributed by atoms with Crippen LogP contribution >= 0.6 is 12.2 Å². The molecule has 0 aliphatic heterocycles. The minimum Gasteiger partial charge on any atom is -0.344 e. The molecule has 1 aromatic carbocycles. The van der Waals surface area contributed by atoms with Crippen LogP contribution < -0.4 is 5.32 Å². The van der Waals surface area contributed by atoms with Crippen LogP contribution in [-0.4, -0.2) is 22.5 Å². The van der Waals surface area contributed by atoms with Gasteiger partial charge in [0.2, 0.25) is 5.91 Å². The van der Waals surface area contributed by atoms with Crippen LogP contribution in [0.4, 0.5) is 0 Å². The summed E-state index contributed by atoms with van der Waals surface area (Å²) in [5, 5.41) is 11.6. The zero-order chi connectivity index (χ0) is 13.4. The van der Waals surface area contributed by atoms with Gasteiger partial charge in [-0.05, 0) is 17.8 Å². The summed E-state index contributed by atoms with van der Waals surface area (Å²) in [5.41, 5.74) is 1.09. The zero-order valence-electron chi connectivity index (χ0n) is 10.2. The third kappa shape index (κ3) is 4.93. The van der Waals surface area contributed by atoms with Crippen molar-refractivity contribution in [1.82, 2.24) is 10.2 Å². The first-order valence-corrected chi connectivity index (χ1v) is 6.01. The van der Waals surface area contributed by atoms with Crippen molar-refractivity contribution in [3.8, 4) is 6.07 Å². The molecule has 0 aromatic heterocycles. The number of rotatable bonds is 4. The largest absolute Gasteiger partial charge is 0.344 e. The van der Waals surface area contributed by atoms with Gasteiger partial charge in [-0.2, -0.15) is 5.26 Å². The summed E-state index contributed by atoms with van der Waals surface area (Å²) >= 11 is 5.15. The van der Waals surface area contributed by atoms with Gasteiger partial charge < -0.3 is 10.2 Å². The lowest BCUT2D eigenvalue weighted by Crippen LogP contribution is -2.41. The molecular formula is C13H15N3OS. The second-order valence-corrected chi connectivity index (χ2v) is 4.19. The standard InChI is InChI=1S/C13H15N3OS/c1-11(17)15-13(18)16(9-5-8-14)10-12-6-3-2-4-7-12/h2-4,6-7H,5,9-10H2,1H3,(H,15,17,18). The average Bonchev–Trinajstić information content (AvgIpc) is 2.34. The fourth-order valence-corrected chi connectivity index (χ4v) is 1.77. The van der Waals surface area contributed by atoms with Crippen LogP contribution in [-0.2, 0) is 11.3 Å². The van der Waals surface area contributed by atoms with E-state index >= 15 is 0 Å². The maximum Gasteiger partial charge on any atom is 0.222 e. The van der Waals surface area contributed by atoms with Crippen LogP contribution in [0.2, 0.25) is 0 Å². The first-order valence-electron chi connectivity index (χ1n) is 5.61. The Morgan fingerprint density at radius 1 is 1.44 bits per heavy atom. The van der Waals surface area contributed by atoms with Crippen molar-refractivity contribution >= 4 is 23.2 Å². The summed E-state index contributed by atoms with van der Waals surface area (Å²) in [6.45, 7) is 2.50. The zero-order valence-corrected chi connectivity index (χ0v) is 11.0. The number of amides is 1. The Morgan fingerprint density at radius 3 is 2.67 bits per heavy atom. The minimum absolute atomic E-state index is 0.199. The molecule has 0 unspecified atom stereocenters. The summed E-state index contributed by atoms with van der Waals surface area (Å²) in [4.78, 5) is 12.8. The summed E-state index contributed by atoms with van der Waals surface area (Å²) in [7, 11) is 0. The van der Waals surface area contributed by atoms with Crippen molar-refractivity contribution in [3.05, 3.63) is 35.9 Å². The Balaban J connectivity index is 2.69. The third-order valence-corrected chi connectivity index (χ3v) is 2.64. The van der Waals surface area contributed by atoms with Crippen LogP contribution in [0.15, 0.2) is 30.3 Å². The van der Waals surface area contributed by atoms with Gasteiger partial charge in [-0.1, -0.05) is 30.3 Å². The highest BCUT2D eigenvalue weighted by Gasteiger charge is 2.10. The lowest BCUT2D eigenvalue weighted by atomic mass is 10.2. The molecule has 4 nitrogen and oxygen atoms in total. The third-order valence-electron chi connectivity index (χ3n) is 2.28. The van der Waals surface area contributed by atoms with Gasteiger partial charge in [-0.15, -0.1) is 0 Å². The molecule has 0 aliphatic carbocycles. The van der Waals surface area contributed by atoms with E-state index in [4.69, 9.17) is 17.5 Å². The predicted octanol–water partition coefficient (Wildman–Crippen LogP) is 1.82. The van der Waals surface area contributed by atoms with E-state index in [1.165, 1.54) is 6.92 Å². The fraction of sp³-hybridized carbons (Fsp3) is 0.308. The summed E-state index contributed by atoms with van der Waals surface area (Å²) in [5.74, 6) is -0.199. The number of benzene rings is 1. The first-order chi connectivity index (χ1) is 8.63. The van der Waals surface area contributed by atoms with Crippen molar-refractivity contribution in [1.29, 1.82) is 5.26 Å². The van der Waals surface area contributed by atoms with Crippen LogP contribution in [0.1, 0.15) is 18.9 Å². The smallest absolute Gasteiger partial charge is 0.222 e. The lowest BCUT2D eigenvalue weighted by Gasteiger charge is -2.24. The Labute approximate surface area is 112 Å². The fourth-order valence-electron chi connectivity index (χ4n) is 1.47. The number of nitrogens with one attached hydrogen (secondary N) is 1. The number of carbonyl (C=O) groups is 1. The van der Waals surface area contributed by atoms with E-state index < -0.39 is 0 Å². The topological polar surface area (TPSA) is 56.1 Å². The molecule has 1 aromatic rings. The van der Waals surface area contributed by atoms with Crippen LogP contribution in [0.25, 0.3) is 0 Å². The van der Waals surface area contributed by atoms with Crippen molar-refractivity contribution in [2.24, 2.45) is 0 Å². The monoisotopic (exact) mass is 261 g/mol. The number of nitrogens with zero attached hydrogens (tertiary/aromatic N) is 2. The summed E-state index contributed by atoms with van der Waals surface area (Å²) in [6, 6.07) is 11.9. The van der Waals surface area contributed by atoms with E-state index in [9.17, 15) is 4.79 Å². The van der Waals surface area contributed by atoms with Gasteiger partial charge in [0, 0.05) is 20.0 Å². The number of hydrogen-bond acceptors (Lipinski definition) is 3. The van der Waals surface area contributed by atoms with Gasteiger partial charge in [0.1, 0.15) is 0 Å². The second-order valence-electron chi connectivity index (χ2n) is 3.80. The van der Waals surface area contributed by atoms with Crippen molar-refractivity contribution in [2.45, 2.75) is 19.9 Å². The number of nitriles is 1. The normalized spacial score (nSPS) is 9.33. The van der Waals surface area contributed by atoms with E-state index in [1.54, 1.807) is 0 Å². The molecule has 1 N–H and O–H groups in total. The molecule has 18 heavy (non-hydrogen) atoms. The van der Waals surface area contributed by atoms with Gasteiger partial charge >= 0.3 is 0 Å². The molecule has 0 saturated carbocycles. The van der Waals surface area contributed by atoms with Crippen LogP contribution in [0.3, 0.4) is 0 Å². The van der Waals surface area contributed by atoms with Crippen LogP contribution in [0.5, 0.6) is 0 Å². The second kappa shape index (κ2) is 7.41. The van der Waals surface area contributed by atoms with Crippen molar-refractivity contribution < 1.29 is 4.79 Å². The highest BCUT2D eigenvalue weighted by molar-refractivity contribution is 7.80. The average molecular weight is 261 g/mol. The van der Waals surface area contributed by atoms with Gasteiger partial charge in [0.15, 0.2) is 5.11 Å². The number of carbonyl (C=O) groups excluding carboxylic acids is 1. The van der Waals surface area contributed by atoms with E-state index in [0.717, 1.165) is 5.56 Å². The van der Waals surface area contributed by atoms with E-state index in [-0.39, 0.29) is 5.91 Å². The van der Waals surface area contributed by atoms with Crippen LogP contribution in [0, 0.1) is 11.3 Å². The number of hydrogen-bond donors (Lipinski definition) is 1. The maximum absolute atomic E-state index is 11.0. The minimum atomic E-state index is -0.199. The Morgan fingerprint density at radius 2 is 2.11 bits per heavy atom. The highest BCUT2D eigenvalue weighted by Crippen LogP contribution is 2.05. The van der Waals surface area contributed by atoms with Gasteiger partial charge in [0.25, 0.3) is 0 Å². The first kappa shape index (κ1) is 14.1. The Bertz CT molecular complexity index is 453. The number of thiocarbonyl (C=S) groups is 1. The molecule has 0 bridgehead atoms. The summed E-state index contributed by atoms with van der Waals surface area (Å²) < 4.78 is 0. The van der Waals surface area contributed by atoms with E-state index in [0.29, 0.717) is 24.6 Å². The molecule has 0 aliphatic rings. The molecule has 0 atom stereocenters. The van der Waals surface area contributed by atoms with Crippen molar-refractivity contribution in [3.63, 3.8) is 0 Å². The van der Waals surface area contributed by atoms with Crippen molar-refractivity contribution in [2.75, 3.05) is 6.54 Å². The van der Waals surface area contributed by atoms with Gasteiger partial charge in [0.05, 0.1) is 12.5 Å². The molecule has 0 radical (unpaired) electrons. The molecule has 5 heteroatoms. The molecule has 94 valence electrons. The Kier molecular flexibility index (Phi) is 5.81. The molecular weight excluding hydrogens is 246 g/mol. The maximum atomic E-state index is 11.0. The highest BCUT2D eigenvalue weighted by atomic mass is 32.1. The molecule has 0 heterocycles. The lowest BCUT2D eigenvalue weighted by molar-refractivity contribution is -0.117. The van der Waals surface area contributed by atoms with Gasteiger partial charge in [-0.3, -0.25) is 4.79 Å². The van der Waals surface area contributed by atoms with Gasteiger partial charge in [-0.25, -0.2) is 0 Å². The molecule has 0 fully saturated rings. The molecule has 1 rings (SSSR count). The quantitative estimate of drug-likeness (QED) is 0.840.